The summed E-state index contributed by atoms with van der Waals surface area (Å²) in [6, 6.07) is 5.65. The fourth-order valence-electron chi connectivity index (χ4n) is 1.23. The van der Waals surface area contributed by atoms with Gasteiger partial charge in [0.2, 0.25) is 0 Å². The van der Waals surface area contributed by atoms with Crippen LogP contribution >= 0.6 is 11.6 Å². The minimum Gasteiger partial charge on any atom is -0.488 e. The van der Waals surface area contributed by atoms with E-state index in [1.54, 1.807) is 0 Å². The highest BCUT2D eigenvalue weighted by molar-refractivity contribution is 6.32. The molecule has 16 heavy (non-hydrogen) atoms. The Morgan fingerprint density at radius 1 is 1.50 bits per heavy atom. The van der Waals surface area contributed by atoms with Gasteiger partial charge >= 0.3 is 0 Å². The van der Waals surface area contributed by atoms with Gasteiger partial charge in [-0.05, 0) is 30.5 Å². The molecule has 0 aliphatic heterocycles. The van der Waals surface area contributed by atoms with Crippen LogP contribution in [-0.2, 0) is 11.3 Å². The maximum Gasteiger partial charge on any atom is 0.138 e. The first kappa shape index (κ1) is 13.0. The number of nitrogens with two attached hydrogens (primary N) is 1. The summed E-state index contributed by atoms with van der Waals surface area (Å²) in [4.78, 5) is 4.53. The maximum absolute atomic E-state index is 6.18. The largest absolute Gasteiger partial charge is 0.488 e. The van der Waals surface area contributed by atoms with Crippen LogP contribution in [-0.4, -0.2) is 13.2 Å². The first-order valence-corrected chi connectivity index (χ1v) is 5.39. The minimum absolute atomic E-state index is 0.434. The van der Waals surface area contributed by atoms with Gasteiger partial charge in [0.1, 0.15) is 12.4 Å². The highest BCUT2D eigenvalue weighted by Gasteiger charge is 2.06. The lowest BCUT2D eigenvalue weighted by atomic mass is 10.1. The highest BCUT2D eigenvalue weighted by atomic mass is 35.5. The monoisotopic (exact) mass is 241 g/mol. The van der Waals surface area contributed by atoms with Crippen molar-refractivity contribution in [2.45, 2.75) is 13.3 Å². The Kier molecular flexibility index (Phi) is 5.32. The van der Waals surface area contributed by atoms with Gasteiger partial charge in [-0.25, -0.2) is 5.90 Å². The van der Waals surface area contributed by atoms with Crippen LogP contribution in [0.15, 0.2) is 30.4 Å². The fourth-order valence-corrected chi connectivity index (χ4v) is 1.51. The Bertz CT molecular complexity index is 366. The second-order valence-corrected chi connectivity index (χ2v) is 3.97. The SMILES string of the molecule is C=C(C)COc1cccc(CCON)c1Cl. The minimum atomic E-state index is 0.434. The molecule has 0 radical (unpaired) electrons. The van der Waals surface area contributed by atoms with Crippen molar-refractivity contribution in [1.82, 2.24) is 0 Å². The summed E-state index contributed by atoms with van der Waals surface area (Å²) in [5, 5.41) is 0.612. The van der Waals surface area contributed by atoms with Crippen LogP contribution < -0.4 is 10.6 Å². The van der Waals surface area contributed by atoms with E-state index in [0.29, 0.717) is 30.4 Å². The van der Waals surface area contributed by atoms with Gasteiger partial charge in [0, 0.05) is 0 Å². The number of halogens is 1. The summed E-state index contributed by atoms with van der Waals surface area (Å²) in [7, 11) is 0. The van der Waals surface area contributed by atoms with Crippen molar-refractivity contribution in [3.05, 3.63) is 40.9 Å². The van der Waals surface area contributed by atoms with Crippen molar-refractivity contribution in [2.24, 2.45) is 5.90 Å². The molecular weight excluding hydrogens is 226 g/mol. The van der Waals surface area contributed by atoms with Crippen LogP contribution in [0.4, 0.5) is 0 Å². The van der Waals surface area contributed by atoms with E-state index in [4.69, 9.17) is 22.2 Å². The van der Waals surface area contributed by atoms with Crippen LogP contribution in [0.2, 0.25) is 5.02 Å². The Hall–Kier alpha value is -1.03. The van der Waals surface area contributed by atoms with E-state index in [2.05, 4.69) is 11.4 Å². The van der Waals surface area contributed by atoms with Gasteiger partial charge in [-0.2, -0.15) is 0 Å². The summed E-state index contributed by atoms with van der Waals surface area (Å²) in [6.07, 6.45) is 0.666. The topological polar surface area (TPSA) is 44.5 Å². The first-order valence-electron chi connectivity index (χ1n) is 5.01. The van der Waals surface area contributed by atoms with Gasteiger partial charge < -0.3 is 9.57 Å². The Morgan fingerprint density at radius 2 is 2.25 bits per heavy atom. The molecule has 0 amide bonds. The Morgan fingerprint density at radius 3 is 2.88 bits per heavy atom. The Labute approximate surface area is 101 Å². The molecule has 88 valence electrons. The number of rotatable bonds is 6. The molecule has 0 saturated carbocycles. The molecule has 1 rings (SSSR count). The zero-order chi connectivity index (χ0) is 12.0. The molecular formula is C12H16ClNO2. The van der Waals surface area contributed by atoms with Crippen molar-refractivity contribution < 1.29 is 9.57 Å². The summed E-state index contributed by atoms with van der Waals surface area (Å²) in [6.45, 7) is 6.57. The lowest BCUT2D eigenvalue weighted by molar-refractivity contribution is 0.141. The summed E-state index contributed by atoms with van der Waals surface area (Å²) in [5.74, 6) is 5.64. The van der Waals surface area contributed by atoms with Crippen molar-refractivity contribution >= 4 is 11.6 Å². The average Bonchev–Trinajstić information content (AvgIpc) is 2.26. The van der Waals surface area contributed by atoms with Crippen molar-refractivity contribution in [1.29, 1.82) is 0 Å². The third-order valence-corrected chi connectivity index (χ3v) is 2.44. The lowest BCUT2D eigenvalue weighted by Crippen LogP contribution is -2.05. The second kappa shape index (κ2) is 6.53. The van der Waals surface area contributed by atoms with E-state index in [1.165, 1.54) is 0 Å². The second-order valence-electron chi connectivity index (χ2n) is 3.60. The van der Waals surface area contributed by atoms with E-state index in [1.807, 2.05) is 25.1 Å². The number of hydrogen-bond donors (Lipinski definition) is 1. The van der Waals surface area contributed by atoms with Crippen molar-refractivity contribution in [2.75, 3.05) is 13.2 Å². The number of ether oxygens (including phenoxy) is 1. The normalized spacial score (nSPS) is 10.2. The summed E-state index contributed by atoms with van der Waals surface area (Å²) < 4.78 is 5.52. The average molecular weight is 242 g/mol. The standard InChI is InChI=1S/C12H16ClNO2/c1-9(2)8-15-11-5-3-4-10(12(11)13)6-7-16-14/h3-5H,1,6-8,14H2,2H3. The zero-order valence-electron chi connectivity index (χ0n) is 9.33. The zero-order valence-corrected chi connectivity index (χ0v) is 10.1. The van der Waals surface area contributed by atoms with Crippen molar-refractivity contribution in [3.8, 4) is 5.75 Å². The molecule has 3 nitrogen and oxygen atoms in total. The molecule has 0 bridgehead atoms. The molecule has 0 atom stereocenters. The molecule has 0 saturated heterocycles. The van der Waals surface area contributed by atoms with E-state index in [9.17, 15) is 0 Å². The smallest absolute Gasteiger partial charge is 0.138 e. The summed E-state index contributed by atoms with van der Waals surface area (Å²) in [5.41, 5.74) is 1.91. The molecule has 0 fully saturated rings. The van der Waals surface area contributed by atoms with Gasteiger partial charge in [-0.1, -0.05) is 30.3 Å². The molecule has 0 heterocycles. The molecule has 0 unspecified atom stereocenters. The van der Waals surface area contributed by atoms with Gasteiger partial charge in [-0.15, -0.1) is 0 Å². The third kappa shape index (κ3) is 3.85. The van der Waals surface area contributed by atoms with Gasteiger partial charge in [0.15, 0.2) is 0 Å². The lowest BCUT2D eigenvalue weighted by Gasteiger charge is -2.10. The quantitative estimate of drug-likeness (QED) is 0.615. The number of benzene rings is 1. The molecule has 0 aliphatic rings. The maximum atomic E-state index is 6.18. The van der Waals surface area contributed by atoms with Crippen LogP contribution in [0.3, 0.4) is 0 Å². The van der Waals surface area contributed by atoms with Crippen LogP contribution in [0.1, 0.15) is 12.5 Å². The predicted molar refractivity (Wildman–Crippen MR) is 65.6 cm³/mol. The molecule has 2 N–H and O–H groups in total. The molecule has 0 aliphatic carbocycles. The molecule has 0 aromatic heterocycles. The Balaban J connectivity index is 2.73. The van der Waals surface area contributed by atoms with Gasteiger partial charge in [0.05, 0.1) is 11.6 Å². The first-order chi connectivity index (χ1) is 7.65. The summed E-state index contributed by atoms with van der Waals surface area (Å²) >= 11 is 6.18. The van der Waals surface area contributed by atoms with E-state index in [-0.39, 0.29) is 0 Å². The molecule has 4 heteroatoms. The third-order valence-electron chi connectivity index (χ3n) is 2.01. The van der Waals surface area contributed by atoms with Gasteiger partial charge in [0.25, 0.3) is 0 Å². The van der Waals surface area contributed by atoms with E-state index < -0.39 is 0 Å². The van der Waals surface area contributed by atoms with Crippen LogP contribution in [0.25, 0.3) is 0 Å². The van der Waals surface area contributed by atoms with E-state index >= 15 is 0 Å². The van der Waals surface area contributed by atoms with Crippen molar-refractivity contribution in [3.63, 3.8) is 0 Å². The predicted octanol–water partition coefficient (Wildman–Crippen LogP) is 2.73. The fraction of sp³-hybridized carbons (Fsp3) is 0.333. The molecule has 1 aromatic carbocycles. The van der Waals surface area contributed by atoms with Crippen LogP contribution in [0.5, 0.6) is 5.75 Å². The molecule has 1 aromatic rings. The van der Waals surface area contributed by atoms with E-state index in [0.717, 1.165) is 11.1 Å². The van der Waals surface area contributed by atoms with Crippen LogP contribution in [0, 0.1) is 0 Å². The number of hydrogen-bond acceptors (Lipinski definition) is 3. The molecule has 0 spiro atoms. The highest BCUT2D eigenvalue weighted by Crippen LogP contribution is 2.28. The van der Waals surface area contributed by atoms with Gasteiger partial charge in [-0.3, -0.25) is 0 Å².